The summed E-state index contributed by atoms with van der Waals surface area (Å²) in [6.07, 6.45) is 6.31. The summed E-state index contributed by atoms with van der Waals surface area (Å²) in [5.41, 5.74) is 2.35. The maximum Gasteiger partial charge on any atom is 0.325 e. The van der Waals surface area contributed by atoms with Gasteiger partial charge in [-0.25, -0.2) is 0 Å². The molecule has 4 saturated carbocycles. The predicted octanol–water partition coefficient (Wildman–Crippen LogP) is 3.42. The van der Waals surface area contributed by atoms with Crippen LogP contribution in [-0.2, 0) is 15.0 Å². The van der Waals surface area contributed by atoms with Crippen LogP contribution in [0, 0.1) is 24.2 Å². The van der Waals surface area contributed by atoms with Crippen molar-refractivity contribution < 1.29 is 14.7 Å². The zero-order valence-corrected chi connectivity index (χ0v) is 15.0. The first-order chi connectivity index (χ1) is 11.8. The molecule has 0 spiro atoms. The largest absolute Gasteiger partial charge is 0.480 e. The minimum absolute atomic E-state index is 0.0343. The molecule has 2 N–H and O–H groups in total. The number of benzene rings is 1. The van der Waals surface area contributed by atoms with Gasteiger partial charge in [0.15, 0.2) is 0 Å². The Balaban J connectivity index is 1.66. The zero-order valence-electron chi connectivity index (χ0n) is 15.0. The maximum atomic E-state index is 13.1. The second kappa shape index (κ2) is 5.58. The number of nitrogens with one attached hydrogen (secondary N) is 1. The Kier molecular flexibility index (Phi) is 3.71. The molecule has 0 heterocycles. The summed E-state index contributed by atoms with van der Waals surface area (Å²) in [5, 5.41) is 11.9. The van der Waals surface area contributed by atoms with Crippen LogP contribution in [0.1, 0.15) is 56.6 Å². The van der Waals surface area contributed by atoms with E-state index in [1.165, 1.54) is 30.4 Å². The van der Waals surface area contributed by atoms with E-state index in [9.17, 15) is 9.59 Å². The monoisotopic (exact) mass is 341 g/mol. The van der Waals surface area contributed by atoms with Crippen LogP contribution in [0.4, 0.5) is 0 Å². The van der Waals surface area contributed by atoms with Crippen molar-refractivity contribution in [1.29, 1.82) is 0 Å². The number of carbonyl (C=O) groups is 2. The fourth-order valence-corrected chi connectivity index (χ4v) is 6.18. The fraction of sp³-hybridized carbons (Fsp3) is 0.619. The fourth-order valence-electron chi connectivity index (χ4n) is 6.18. The normalized spacial score (nSPS) is 36.9. The quantitative estimate of drug-likeness (QED) is 0.882. The lowest BCUT2D eigenvalue weighted by Crippen LogP contribution is -2.60. The summed E-state index contributed by atoms with van der Waals surface area (Å²) in [6.45, 7) is 3.65. The van der Waals surface area contributed by atoms with Gasteiger partial charge in [0.2, 0.25) is 5.91 Å². The number of aliphatic carboxylic acids is 1. The molecule has 0 aromatic heterocycles. The summed E-state index contributed by atoms with van der Waals surface area (Å²) in [6, 6.07) is 8.01. The van der Waals surface area contributed by atoms with Gasteiger partial charge in [0.1, 0.15) is 6.04 Å². The average Bonchev–Trinajstić information content (AvgIpc) is 2.53. The van der Waals surface area contributed by atoms with Gasteiger partial charge in [-0.3, -0.25) is 9.59 Å². The van der Waals surface area contributed by atoms with Crippen LogP contribution in [0.25, 0.3) is 0 Å². The van der Waals surface area contributed by atoms with Crippen molar-refractivity contribution in [3.8, 4) is 0 Å². The number of hydrogen-bond donors (Lipinski definition) is 2. The van der Waals surface area contributed by atoms with Crippen LogP contribution in [0.3, 0.4) is 0 Å². The molecular formula is C21H27NO3. The highest BCUT2D eigenvalue weighted by atomic mass is 16.4. The lowest BCUT2D eigenvalue weighted by Gasteiger charge is -2.61. The lowest BCUT2D eigenvalue weighted by atomic mass is 9.42. The molecule has 4 fully saturated rings. The van der Waals surface area contributed by atoms with E-state index in [1.807, 2.05) is 0 Å². The van der Waals surface area contributed by atoms with E-state index < -0.39 is 12.0 Å². The van der Waals surface area contributed by atoms with Crippen molar-refractivity contribution in [2.24, 2.45) is 17.3 Å². The summed E-state index contributed by atoms with van der Waals surface area (Å²) in [5.74, 6) is 0.182. The SMILES string of the molecule is Cc1ccc(C23CC4CC(CC(C(=O)N[C@@H](C)C(=O)O)(C4)C2)C3)cc1. The molecule has 0 aliphatic heterocycles. The van der Waals surface area contributed by atoms with Crippen LogP contribution >= 0.6 is 0 Å². The van der Waals surface area contributed by atoms with E-state index in [0.29, 0.717) is 11.8 Å². The molecule has 25 heavy (non-hydrogen) atoms. The van der Waals surface area contributed by atoms with Crippen molar-refractivity contribution in [2.45, 2.75) is 63.8 Å². The van der Waals surface area contributed by atoms with E-state index in [1.54, 1.807) is 6.92 Å². The molecule has 0 radical (unpaired) electrons. The Morgan fingerprint density at radius 2 is 1.72 bits per heavy atom. The van der Waals surface area contributed by atoms with E-state index in [4.69, 9.17) is 5.11 Å². The van der Waals surface area contributed by atoms with Gasteiger partial charge in [-0.2, -0.15) is 0 Å². The minimum Gasteiger partial charge on any atom is -0.480 e. The van der Waals surface area contributed by atoms with Crippen molar-refractivity contribution in [3.05, 3.63) is 35.4 Å². The Hall–Kier alpha value is -1.84. The first-order valence-electron chi connectivity index (χ1n) is 9.43. The lowest BCUT2D eigenvalue weighted by molar-refractivity contribution is -0.153. The third-order valence-electron chi connectivity index (χ3n) is 6.92. The molecule has 4 aliphatic carbocycles. The molecule has 4 aliphatic rings. The summed E-state index contributed by atoms with van der Waals surface area (Å²) in [4.78, 5) is 24.2. The van der Waals surface area contributed by atoms with E-state index in [0.717, 1.165) is 19.3 Å². The minimum atomic E-state index is -0.966. The molecule has 5 rings (SSSR count). The van der Waals surface area contributed by atoms with E-state index in [-0.39, 0.29) is 16.7 Å². The van der Waals surface area contributed by atoms with Gasteiger partial charge in [0.05, 0.1) is 5.41 Å². The van der Waals surface area contributed by atoms with Crippen molar-refractivity contribution >= 4 is 11.9 Å². The highest BCUT2D eigenvalue weighted by molar-refractivity contribution is 5.87. The van der Waals surface area contributed by atoms with Gasteiger partial charge in [-0.1, -0.05) is 29.8 Å². The topological polar surface area (TPSA) is 66.4 Å². The van der Waals surface area contributed by atoms with Gasteiger partial charge in [-0.05, 0) is 75.2 Å². The molecule has 4 nitrogen and oxygen atoms in total. The van der Waals surface area contributed by atoms with Crippen molar-refractivity contribution in [2.75, 3.05) is 0 Å². The van der Waals surface area contributed by atoms with Crippen LogP contribution < -0.4 is 5.32 Å². The highest BCUT2D eigenvalue weighted by Gasteiger charge is 2.61. The molecule has 1 aromatic carbocycles. The molecule has 1 amide bonds. The number of amides is 1. The Labute approximate surface area is 149 Å². The molecule has 4 bridgehead atoms. The van der Waals surface area contributed by atoms with E-state index >= 15 is 0 Å². The maximum absolute atomic E-state index is 13.1. The summed E-state index contributed by atoms with van der Waals surface area (Å²) in [7, 11) is 0. The van der Waals surface area contributed by atoms with Crippen LogP contribution in [0.5, 0.6) is 0 Å². The second-order valence-corrected chi connectivity index (χ2v) is 8.92. The smallest absolute Gasteiger partial charge is 0.325 e. The van der Waals surface area contributed by atoms with Crippen LogP contribution in [0.2, 0.25) is 0 Å². The van der Waals surface area contributed by atoms with Gasteiger partial charge in [0.25, 0.3) is 0 Å². The zero-order chi connectivity index (χ0) is 17.8. The van der Waals surface area contributed by atoms with Gasteiger partial charge < -0.3 is 10.4 Å². The van der Waals surface area contributed by atoms with E-state index in [2.05, 4.69) is 36.5 Å². The molecular weight excluding hydrogens is 314 g/mol. The predicted molar refractivity (Wildman–Crippen MR) is 95.2 cm³/mol. The number of hydrogen-bond acceptors (Lipinski definition) is 2. The highest BCUT2D eigenvalue weighted by Crippen LogP contribution is 2.65. The summed E-state index contributed by atoms with van der Waals surface area (Å²) >= 11 is 0. The molecule has 0 saturated heterocycles. The first kappa shape index (κ1) is 16.6. The average molecular weight is 341 g/mol. The number of aryl methyl sites for hydroxylation is 1. The van der Waals surface area contributed by atoms with Crippen LogP contribution in [0.15, 0.2) is 24.3 Å². The number of carboxylic acids is 1. The molecule has 1 aromatic rings. The van der Waals surface area contributed by atoms with Crippen molar-refractivity contribution in [3.63, 3.8) is 0 Å². The third kappa shape index (κ3) is 2.66. The molecule has 134 valence electrons. The molecule has 4 heteroatoms. The van der Waals surface area contributed by atoms with Gasteiger partial charge in [0, 0.05) is 0 Å². The second-order valence-electron chi connectivity index (χ2n) is 8.92. The van der Waals surface area contributed by atoms with Crippen molar-refractivity contribution in [1.82, 2.24) is 5.32 Å². The van der Waals surface area contributed by atoms with Gasteiger partial charge >= 0.3 is 5.97 Å². The third-order valence-corrected chi connectivity index (χ3v) is 6.92. The van der Waals surface area contributed by atoms with Gasteiger partial charge in [-0.15, -0.1) is 0 Å². The summed E-state index contributed by atoms with van der Waals surface area (Å²) < 4.78 is 0. The number of carboxylic acid groups (broad SMARTS) is 1. The Bertz CT molecular complexity index is 694. The number of rotatable bonds is 4. The Morgan fingerprint density at radius 1 is 1.12 bits per heavy atom. The standard InChI is InChI=1S/C21H27NO3/c1-13-3-5-17(6-4-13)20-8-15-7-16(9-20)11-21(10-15,12-20)19(25)22-14(2)18(23)24/h3-6,14-16H,7-12H2,1-2H3,(H,22,25)(H,23,24)/t14-,15?,16?,20?,21?/m0/s1. The van der Waals surface area contributed by atoms with Crippen LogP contribution in [-0.4, -0.2) is 23.0 Å². The molecule has 2 unspecified atom stereocenters. The Morgan fingerprint density at radius 3 is 2.28 bits per heavy atom. The molecule has 3 atom stereocenters. The number of carbonyl (C=O) groups excluding carboxylic acids is 1. The first-order valence-corrected chi connectivity index (χ1v) is 9.43.